The highest BCUT2D eigenvalue weighted by molar-refractivity contribution is 7.08. The molecule has 12 heteroatoms. The van der Waals surface area contributed by atoms with Gasteiger partial charge in [0.15, 0.2) is 29.1 Å². The maximum atomic E-state index is 4.44. The van der Waals surface area contributed by atoms with Gasteiger partial charge in [-0.15, -0.1) is 0 Å². The highest BCUT2D eigenvalue weighted by Gasteiger charge is 2.51. The summed E-state index contributed by atoms with van der Waals surface area (Å²) in [5.74, 6) is 0. The third-order valence-corrected chi connectivity index (χ3v) is 21.3. The number of nitrogens with zero attached hydrogens (tertiary/aromatic N) is 3. The topological polar surface area (TPSA) is 33.8 Å². The van der Waals surface area contributed by atoms with Crippen LogP contribution in [-0.4, -0.2) is 49.3 Å². The predicted molar refractivity (Wildman–Crippen MR) is 369 cm³/mol. The zero-order valence-electron chi connectivity index (χ0n) is 45.7. The van der Waals surface area contributed by atoms with Crippen LogP contribution < -0.4 is 118 Å². The Kier molecular flexibility index (Phi) is 7.92. The van der Waals surface area contributed by atoms with E-state index < -0.39 is 0 Å². The molecule has 9 aliphatic heterocycles. The van der Waals surface area contributed by atoms with Gasteiger partial charge in [0.25, 0.3) is 13.4 Å². The van der Waals surface area contributed by atoms with Crippen molar-refractivity contribution in [2.45, 2.75) is 0 Å². The molecule has 13 aromatic carbocycles. The van der Waals surface area contributed by atoms with Crippen molar-refractivity contribution in [1.82, 2.24) is 0 Å². The molecule has 22 rings (SSSR count). The molecular weight excluding hydrogens is 1010 g/mol. The van der Waals surface area contributed by atoms with Gasteiger partial charge in [-0.25, -0.2) is 0 Å². The Hall–Kier alpha value is -9.91. The van der Waals surface area contributed by atoms with Crippen LogP contribution in [0.2, 0.25) is 0 Å². The molecule has 0 fully saturated rings. The summed E-state index contributed by atoms with van der Waals surface area (Å²) in [7, 11) is 3.27. The van der Waals surface area contributed by atoms with Gasteiger partial charge in [0, 0.05) is 84.7 Å². The van der Waals surface area contributed by atoms with E-state index >= 15 is 0 Å². The van der Waals surface area contributed by atoms with Crippen LogP contribution >= 0.6 is 0 Å². The van der Waals surface area contributed by atoms with Gasteiger partial charge >= 0.3 is 0 Å². The molecule has 0 amide bonds. The van der Waals surface area contributed by atoms with E-state index in [1.165, 1.54) is 199 Å². The van der Waals surface area contributed by atoms with Gasteiger partial charge in [-0.3, -0.25) is 0 Å². The lowest BCUT2D eigenvalue weighted by Gasteiger charge is -2.48. The average molecular weight is 1050 g/mol. The summed E-state index contributed by atoms with van der Waals surface area (Å²) in [4.78, 5) is 8.10. The zero-order chi connectivity index (χ0) is 53.9. The number of fused-ring (bicyclic) bond motifs is 33. The summed E-state index contributed by atoms with van der Waals surface area (Å²) in [6.07, 6.45) is 0. The van der Waals surface area contributed by atoms with Crippen LogP contribution in [0.3, 0.4) is 0 Å². The van der Waals surface area contributed by atoms with Crippen LogP contribution in [0, 0.1) is 0 Å². The molecule has 2 N–H and O–H groups in total. The van der Waals surface area contributed by atoms with E-state index in [2.05, 4.69) is 244 Å². The fourth-order valence-electron chi connectivity index (χ4n) is 18.4. The molecule has 9 heterocycles. The molecule has 0 spiro atoms. The van der Waals surface area contributed by atoms with Gasteiger partial charge in [0.1, 0.15) is 0 Å². The van der Waals surface area contributed by atoms with Crippen molar-refractivity contribution < 1.29 is 0 Å². The quantitative estimate of drug-likeness (QED) is 0.181. The summed E-state index contributed by atoms with van der Waals surface area (Å²) in [5, 5.41) is 17.2. The number of para-hydroxylation sites is 8. The Morgan fingerprint density at radius 2 is 0.548 bits per heavy atom. The smallest absolute Gasteiger partial charge is 0.252 e. The number of anilines is 13. The first-order valence-electron chi connectivity index (χ1n) is 30.1. The van der Waals surface area contributed by atoms with Crippen LogP contribution in [0.5, 0.6) is 0 Å². The first-order chi connectivity index (χ1) is 41.7. The molecule has 5 nitrogen and oxygen atoms in total. The minimum absolute atomic E-state index is 0.00532. The van der Waals surface area contributed by atoms with E-state index in [0.29, 0.717) is 0 Å². The minimum Gasteiger partial charge on any atom is -0.356 e. The van der Waals surface area contributed by atoms with Crippen LogP contribution in [0.1, 0.15) is 0 Å². The molecule has 0 aliphatic carbocycles. The maximum Gasteiger partial charge on any atom is 0.252 e. The molecule has 0 aromatic heterocycles. The monoisotopic (exact) mass is 1050 g/mol. The largest absolute Gasteiger partial charge is 0.356 e. The molecule has 376 valence electrons. The first kappa shape index (κ1) is 43.8. The van der Waals surface area contributed by atoms with Gasteiger partial charge in [0.2, 0.25) is 6.71 Å². The molecule has 0 radical (unpaired) electrons. The average Bonchev–Trinajstić information content (AvgIpc) is 0.705. The zero-order valence-corrected chi connectivity index (χ0v) is 45.7. The molecule has 9 aliphatic rings. The van der Waals surface area contributed by atoms with Crippen molar-refractivity contribution in [1.29, 1.82) is 0 Å². The Morgan fingerprint density at radius 3 is 0.988 bits per heavy atom. The molecule has 0 atom stereocenters. The summed E-state index contributed by atoms with van der Waals surface area (Å²) < 4.78 is 0. The van der Waals surface area contributed by atoms with Crippen LogP contribution in [0.15, 0.2) is 218 Å². The molecule has 84 heavy (non-hydrogen) atoms. The van der Waals surface area contributed by atoms with E-state index in [1.807, 2.05) is 0 Å². The Morgan fingerprint density at radius 1 is 0.250 bits per heavy atom. The molecule has 13 aromatic rings. The van der Waals surface area contributed by atoms with Crippen molar-refractivity contribution >= 4 is 248 Å². The number of hydrogen-bond acceptors (Lipinski definition) is 5. The van der Waals surface area contributed by atoms with Crippen LogP contribution in [0.25, 0.3) is 32.3 Å². The first-order valence-corrected chi connectivity index (χ1v) is 30.1. The Balaban J connectivity index is 1.05. The summed E-state index contributed by atoms with van der Waals surface area (Å²) in [5.41, 5.74) is 40.3. The highest BCUT2D eigenvalue weighted by atomic mass is 15.2. The van der Waals surface area contributed by atoms with Crippen LogP contribution in [0.4, 0.5) is 73.9 Å². The second kappa shape index (κ2) is 15.2. The van der Waals surface area contributed by atoms with E-state index in [0.717, 1.165) is 29.1 Å². The standard InChI is InChI=1S/C72H42B7N5/c1-5-23-41-37(19-1)73-61-55-56(62-70-65(61)77(41)44-26-8-16-34-52(44)82(70)49-31-13-2-20-38(49)74-62)59-58(64-72-67-68(59)80-48-30-12-7-25-43(48)79(67)46-28-10-18-36-54(46)84(72)51-33-15-4-22-40(51)76-64)60-57(55)63-71-66-69(60)81-47-29-11-6-24-42(47)78(66)45-27-9-17-35-53(45)83(71)50-32-14-3-21-39(50)75-63/h1-36,73-76,80-81H. The van der Waals surface area contributed by atoms with Gasteiger partial charge < -0.3 is 25.3 Å². The van der Waals surface area contributed by atoms with E-state index in [1.54, 1.807) is 0 Å². The fourth-order valence-corrected chi connectivity index (χ4v) is 18.4. The highest BCUT2D eigenvalue weighted by Crippen LogP contribution is 2.52. The van der Waals surface area contributed by atoms with Gasteiger partial charge in [0.05, 0.1) is 0 Å². The number of hydrogen-bond donors (Lipinski definition) is 2. The van der Waals surface area contributed by atoms with Crippen molar-refractivity contribution in [3.05, 3.63) is 218 Å². The molecule has 0 unspecified atom stereocenters. The summed E-state index contributed by atoms with van der Waals surface area (Å²) in [6, 6.07) is 84.0. The lowest BCUT2D eigenvalue weighted by molar-refractivity contribution is 1.31. The van der Waals surface area contributed by atoms with E-state index in [4.69, 9.17) is 0 Å². The van der Waals surface area contributed by atoms with E-state index in [9.17, 15) is 0 Å². The molecule has 0 saturated carbocycles. The van der Waals surface area contributed by atoms with Gasteiger partial charge in [-0.1, -0.05) is 208 Å². The number of nitrogens with one attached hydrogen (secondary N) is 2. The SMILES string of the molecule is B1c2ccccc2B2c3ccccc3N3c4ccccc4Bc4c3c2c1c1c2c3c5c6c(c2c2c7c8c9c(c2c41)Nc1ccccc1B9c1ccccc1N8c1ccccc1B7)Nc1ccccc1B6c1ccccc1N5c1ccccc1B3. The minimum atomic E-state index is 0.00532. The van der Waals surface area contributed by atoms with E-state index in [-0.39, 0.29) is 20.1 Å². The number of rotatable bonds is 0. The molecular formula is C72H42B7N5. The summed E-state index contributed by atoms with van der Waals surface area (Å²) in [6.45, 7) is 0.0628. The molecule has 0 bridgehead atoms. The normalized spacial score (nSPS) is 14.9. The van der Waals surface area contributed by atoms with Crippen LogP contribution in [-0.2, 0) is 0 Å². The Bertz CT molecular complexity index is 4490. The van der Waals surface area contributed by atoms with Crippen molar-refractivity contribution in [3.63, 3.8) is 0 Å². The van der Waals surface area contributed by atoms with Crippen molar-refractivity contribution in [2.75, 3.05) is 25.3 Å². The Labute approximate surface area is 489 Å². The second-order valence-corrected chi connectivity index (χ2v) is 24.9. The van der Waals surface area contributed by atoms with Gasteiger partial charge in [-0.05, 0) is 125 Å². The third kappa shape index (κ3) is 5.03. The second-order valence-electron chi connectivity index (χ2n) is 24.9. The van der Waals surface area contributed by atoms with Crippen molar-refractivity contribution in [2.24, 2.45) is 0 Å². The lowest BCUT2D eigenvalue weighted by atomic mass is 9.26. The maximum absolute atomic E-state index is 4.44. The third-order valence-electron chi connectivity index (χ3n) is 21.3. The van der Waals surface area contributed by atoms with Crippen molar-refractivity contribution in [3.8, 4) is 0 Å². The number of benzene rings is 13. The fraction of sp³-hybridized carbons (Fsp3) is 0. The molecule has 0 saturated heterocycles. The summed E-state index contributed by atoms with van der Waals surface area (Å²) >= 11 is 0. The van der Waals surface area contributed by atoms with Gasteiger partial charge in [-0.2, -0.15) is 0 Å². The lowest BCUT2D eigenvalue weighted by Crippen LogP contribution is -2.72. The predicted octanol–water partition coefficient (Wildman–Crippen LogP) is 2.96.